The minimum absolute atomic E-state index is 0.348. The molecule has 1 saturated carbocycles. The SMILES string of the molecule is CCNC1CC(C)CCC1C(C)(C)Cc1ccc(Br)cc1. The van der Waals surface area contributed by atoms with Crippen LogP contribution in [0.3, 0.4) is 0 Å². The van der Waals surface area contributed by atoms with Crippen LogP contribution in [0, 0.1) is 17.3 Å². The van der Waals surface area contributed by atoms with Crippen molar-refractivity contribution >= 4 is 15.9 Å². The van der Waals surface area contributed by atoms with Gasteiger partial charge in [0.15, 0.2) is 0 Å². The molecule has 3 unspecified atom stereocenters. The zero-order chi connectivity index (χ0) is 15.5. The van der Waals surface area contributed by atoms with Gasteiger partial charge in [0, 0.05) is 10.5 Å². The van der Waals surface area contributed by atoms with E-state index in [2.05, 4.69) is 73.2 Å². The molecule has 0 heterocycles. The normalized spacial score (nSPS) is 26.8. The van der Waals surface area contributed by atoms with Crippen LogP contribution in [0.2, 0.25) is 0 Å². The molecule has 1 aromatic rings. The van der Waals surface area contributed by atoms with E-state index in [1.54, 1.807) is 0 Å². The Morgan fingerprint density at radius 2 is 1.86 bits per heavy atom. The second-order valence-electron chi connectivity index (χ2n) is 7.48. The van der Waals surface area contributed by atoms with Gasteiger partial charge in [0.2, 0.25) is 0 Å². The topological polar surface area (TPSA) is 12.0 Å². The molecule has 2 rings (SSSR count). The number of hydrogen-bond donors (Lipinski definition) is 1. The summed E-state index contributed by atoms with van der Waals surface area (Å²) < 4.78 is 1.17. The third-order valence-electron chi connectivity index (χ3n) is 5.16. The van der Waals surface area contributed by atoms with Gasteiger partial charge in [-0.2, -0.15) is 0 Å². The van der Waals surface area contributed by atoms with Crippen molar-refractivity contribution in [2.75, 3.05) is 6.54 Å². The molecule has 0 aromatic heterocycles. The van der Waals surface area contributed by atoms with Crippen LogP contribution in [0.4, 0.5) is 0 Å². The average molecular weight is 352 g/mol. The van der Waals surface area contributed by atoms with Gasteiger partial charge in [-0.3, -0.25) is 0 Å². The Labute approximate surface area is 139 Å². The molecule has 0 aliphatic heterocycles. The van der Waals surface area contributed by atoms with Crippen molar-refractivity contribution in [3.05, 3.63) is 34.3 Å². The van der Waals surface area contributed by atoms with Crippen molar-refractivity contribution in [3.8, 4) is 0 Å². The van der Waals surface area contributed by atoms with Gasteiger partial charge in [0.1, 0.15) is 0 Å². The van der Waals surface area contributed by atoms with Gasteiger partial charge in [-0.05, 0) is 60.8 Å². The van der Waals surface area contributed by atoms with Crippen molar-refractivity contribution in [2.45, 2.75) is 59.4 Å². The van der Waals surface area contributed by atoms with E-state index in [1.165, 1.54) is 35.7 Å². The Kier molecular flexibility index (Phi) is 5.90. The summed E-state index contributed by atoms with van der Waals surface area (Å²) in [5.74, 6) is 1.64. The summed E-state index contributed by atoms with van der Waals surface area (Å²) in [6, 6.07) is 9.54. The van der Waals surface area contributed by atoms with Gasteiger partial charge < -0.3 is 5.32 Å². The minimum Gasteiger partial charge on any atom is -0.314 e. The maximum atomic E-state index is 3.76. The molecule has 1 nitrogen and oxygen atoms in total. The summed E-state index contributed by atoms with van der Waals surface area (Å²) in [7, 11) is 0. The van der Waals surface area contributed by atoms with Gasteiger partial charge in [-0.15, -0.1) is 0 Å². The molecular weight excluding hydrogens is 322 g/mol. The molecule has 0 spiro atoms. The van der Waals surface area contributed by atoms with Crippen molar-refractivity contribution in [1.82, 2.24) is 5.32 Å². The van der Waals surface area contributed by atoms with Crippen molar-refractivity contribution in [3.63, 3.8) is 0 Å². The maximum Gasteiger partial charge on any atom is 0.0175 e. The lowest BCUT2D eigenvalue weighted by Crippen LogP contribution is -2.47. The predicted molar refractivity (Wildman–Crippen MR) is 95.6 cm³/mol. The Balaban J connectivity index is 2.10. The molecule has 118 valence electrons. The Morgan fingerprint density at radius 3 is 2.48 bits per heavy atom. The lowest BCUT2D eigenvalue weighted by molar-refractivity contribution is 0.0950. The fraction of sp³-hybridized carbons (Fsp3) is 0.684. The van der Waals surface area contributed by atoms with E-state index >= 15 is 0 Å². The fourth-order valence-electron chi connectivity index (χ4n) is 4.06. The van der Waals surface area contributed by atoms with E-state index in [0.717, 1.165) is 18.4 Å². The minimum atomic E-state index is 0.348. The molecule has 1 aliphatic carbocycles. The van der Waals surface area contributed by atoms with Crippen LogP contribution in [0.1, 0.15) is 52.5 Å². The van der Waals surface area contributed by atoms with Gasteiger partial charge in [-0.25, -0.2) is 0 Å². The standard InChI is InChI=1S/C19H30BrN/c1-5-21-18-12-14(2)6-11-17(18)19(3,4)13-15-7-9-16(20)10-8-15/h7-10,14,17-18,21H,5-6,11-13H2,1-4H3. The van der Waals surface area contributed by atoms with Crippen LogP contribution in [0.5, 0.6) is 0 Å². The van der Waals surface area contributed by atoms with E-state index in [4.69, 9.17) is 0 Å². The van der Waals surface area contributed by atoms with Gasteiger partial charge in [0.25, 0.3) is 0 Å². The van der Waals surface area contributed by atoms with Crippen molar-refractivity contribution in [2.24, 2.45) is 17.3 Å². The molecule has 0 saturated heterocycles. The first-order valence-corrected chi connectivity index (χ1v) is 9.19. The number of hydrogen-bond acceptors (Lipinski definition) is 1. The molecule has 0 amide bonds. The average Bonchev–Trinajstić information content (AvgIpc) is 2.41. The highest BCUT2D eigenvalue weighted by Crippen LogP contribution is 2.42. The van der Waals surface area contributed by atoms with E-state index in [0.29, 0.717) is 11.5 Å². The van der Waals surface area contributed by atoms with Crippen LogP contribution in [-0.2, 0) is 6.42 Å². The van der Waals surface area contributed by atoms with Crippen LogP contribution in [-0.4, -0.2) is 12.6 Å². The van der Waals surface area contributed by atoms with Gasteiger partial charge in [0.05, 0.1) is 0 Å². The Morgan fingerprint density at radius 1 is 1.19 bits per heavy atom. The summed E-state index contributed by atoms with van der Waals surface area (Å²) in [5.41, 5.74) is 1.80. The first-order chi connectivity index (χ1) is 9.92. The number of rotatable bonds is 5. The zero-order valence-electron chi connectivity index (χ0n) is 14.0. The third kappa shape index (κ3) is 4.56. The molecular formula is C19H30BrN. The maximum absolute atomic E-state index is 3.76. The van der Waals surface area contributed by atoms with E-state index in [9.17, 15) is 0 Å². The number of halogens is 1. The summed E-state index contributed by atoms with van der Waals surface area (Å²) in [6.45, 7) is 10.6. The van der Waals surface area contributed by atoms with Crippen LogP contribution in [0.25, 0.3) is 0 Å². The van der Waals surface area contributed by atoms with Crippen molar-refractivity contribution < 1.29 is 0 Å². The highest BCUT2D eigenvalue weighted by molar-refractivity contribution is 9.10. The smallest absolute Gasteiger partial charge is 0.0175 e. The van der Waals surface area contributed by atoms with Crippen LogP contribution < -0.4 is 5.32 Å². The summed E-state index contributed by atoms with van der Waals surface area (Å²) in [5, 5.41) is 3.76. The summed E-state index contributed by atoms with van der Waals surface area (Å²) in [4.78, 5) is 0. The highest BCUT2D eigenvalue weighted by Gasteiger charge is 2.38. The Hall–Kier alpha value is -0.340. The molecule has 1 aromatic carbocycles. The molecule has 0 radical (unpaired) electrons. The molecule has 3 atom stereocenters. The van der Waals surface area contributed by atoms with Crippen LogP contribution in [0.15, 0.2) is 28.7 Å². The molecule has 1 fully saturated rings. The second kappa shape index (κ2) is 7.28. The lowest BCUT2D eigenvalue weighted by Gasteiger charge is -2.45. The molecule has 0 bridgehead atoms. The Bertz CT molecular complexity index is 437. The van der Waals surface area contributed by atoms with E-state index < -0.39 is 0 Å². The van der Waals surface area contributed by atoms with Crippen molar-refractivity contribution in [1.29, 1.82) is 0 Å². The second-order valence-corrected chi connectivity index (χ2v) is 8.40. The largest absolute Gasteiger partial charge is 0.314 e. The molecule has 21 heavy (non-hydrogen) atoms. The molecule has 1 N–H and O–H groups in total. The first kappa shape index (κ1) is 17.0. The van der Waals surface area contributed by atoms with E-state index in [1.807, 2.05) is 0 Å². The number of nitrogens with one attached hydrogen (secondary N) is 1. The third-order valence-corrected chi connectivity index (χ3v) is 5.68. The monoisotopic (exact) mass is 351 g/mol. The van der Waals surface area contributed by atoms with Gasteiger partial charge >= 0.3 is 0 Å². The zero-order valence-corrected chi connectivity index (χ0v) is 15.5. The fourth-order valence-corrected chi connectivity index (χ4v) is 4.33. The number of benzene rings is 1. The van der Waals surface area contributed by atoms with E-state index in [-0.39, 0.29) is 0 Å². The lowest BCUT2D eigenvalue weighted by atomic mass is 9.64. The highest BCUT2D eigenvalue weighted by atomic mass is 79.9. The summed E-state index contributed by atoms with van der Waals surface area (Å²) >= 11 is 3.53. The molecule has 2 heteroatoms. The summed E-state index contributed by atoms with van der Waals surface area (Å²) in [6.07, 6.45) is 5.25. The predicted octanol–water partition coefficient (Wildman–Crippen LogP) is 5.43. The quantitative estimate of drug-likeness (QED) is 0.745. The first-order valence-electron chi connectivity index (χ1n) is 8.40. The van der Waals surface area contributed by atoms with Gasteiger partial charge in [-0.1, -0.05) is 62.2 Å². The van der Waals surface area contributed by atoms with Crippen LogP contribution >= 0.6 is 15.9 Å². The molecule has 1 aliphatic rings.